The number of hydrogen-bond donors (Lipinski definition) is 2. The van der Waals surface area contributed by atoms with E-state index in [1.54, 1.807) is 25.1 Å². The number of hydrogen-bond acceptors (Lipinski definition) is 3. The summed E-state index contributed by atoms with van der Waals surface area (Å²) in [5.74, 6) is 0.603. The Morgan fingerprint density at radius 1 is 1.42 bits per heavy atom. The van der Waals surface area contributed by atoms with Crippen molar-refractivity contribution >= 4 is 27.2 Å². The van der Waals surface area contributed by atoms with Crippen LogP contribution in [0.1, 0.15) is 30.9 Å². The maximum atomic E-state index is 12.3. The number of benzene rings is 1. The minimum absolute atomic E-state index is 0.0645. The maximum Gasteiger partial charge on any atom is 0.241 e. The minimum Gasteiger partial charge on any atom is -0.389 e. The first kappa shape index (κ1) is 14.4. The molecule has 104 valence electrons. The molecule has 0 radical (unpaired) electrons. The molecule has 3 N–H and O–H groups in total. The summed E-state index contributed by atoms with van der Waals surface area (Å²) in [6.07, 6.45) is 1.81. The molecule has 0 heterocycles. The topological polar surface area (TPSA) is 72.2 Å². The molecule has 1 saturated carbocycles. The number of nitrogens with two attached hydrogens (primary N) is 1. The van der Waals surface area contributed by atoms with Gasteiger partial charge in [-0.25, -0.2) is 13.1 Å². The Balaban J connectivity index is 2.23. The van der Waals surface area contributed by atoms with Crippen LogP contribution in [0.25, 0.3) is 0 Å². The summed E-state index contributed by atoms with van der Waals surface area (Å²) in [7, 11) is -3.45. The van der Waals surface area contributed by atoms with Crippen molar-refractivity contribution in [2.24, 2.45) is 11.7 Å². The normalized spacial score (nSPS) is 22.8. The van der Waals surface area contributed by atoms with Crippen molar-refractivity contribution in [1.82, 2.24) is 4.72 Å². The second-order valence-corrected chi connectivity index (χ2v) is 7.36. The van der Waals surface area contributed by atoms with Gasteiger partial charge in [-0.05, 0) is 43.4 Å². The molecule has 4 nitrogen and oxygen atoms in total. The van der Waals surface area contributed by atoms with Crippen LogP contribution in [0, 0.1) is 12.8 Å². The molecule has 2 rings (SSSR count). The molecular formula is C13H18N2O2S2. The highest BCUT2D eigenvalue weighted by atomic mass is 32.2. The van der Waals surface area contributed by atoms with Crippen molar-refractivity contribution in [3.05, 3.63) is 29.3 Å². The van der Waals surface area contributed by atoms with E-state index in [9.17, 15) is 8.42 Å². The molecule has 0 atom stereocenters. The zero-order valence-corrected chi connectivity index (χ0v) is 12.6. The third-order valence-corrected chi connectivity index (χ3v) is 5.36. The van der Waals surface area contributed by atoms with Crippen LogP contribution in [0.4, 0.5) is 0 Å². The molecule has 0 unspecified atom stereocenters. The van der Waals surface area contributed by atoms with Crippen molar-refractivity contribution in [2.75, 3.05) is 0 Å². The fourth-order valence-corrected chi connectivity index (χ4v) is 4.00. The van der Waals surface area contributed by atoms with Gasteiger partial charge in [-0.15, -0.1) is 0 Å². The molecule has 6 heteroatoms. The second-order valence-electron chi connectivity index (χ2n) is 5.24. The summed E-state index contributed by atoms with van der Waals surface area (Å²) in [6, 6.07) is 4.98. The van der Waals surface area contributed by atoms with E-state index in [0.29, 0.717) is 21.9 Å². The average molecular weight is 298 g/mol. The van der Waals surface area contributed by atoms with Crippen LogP contribution in [-0.2, 0) is 10.0 Å². The van der Waals surface area contributed by atoms with E-state index in [2.05, 4.69) is 11.6 Å². The number of rotatable bonds is 4. The molecule has 0 amide bonds. The molecule has 0 aliphatic heterocycles. The van der Waals surface area contributed by atoms with Gasteiger partial charge >= 0.3 is 0 Å². The molecule has 1 aromatic carbocycles. The third-order valence-electron chi connectivity index (χ3n) is 3.44. The predicted octanol–water partition coefficient (Wildman–Crippen LogP) is 1.71. The lowest BCUT2D eigenvalue weighted by Gasteiger charge is -2.33. The average Bonchev–Trinajstić information content (AvgIpc) is 2.26. The zero-order chi connectivity index (χ0) is 14.2. The van der Waals surface area contributed by atoms with Gasteiger partial charge in [0.15, 0.2) is 0 Å². The summed E-state index contributed by atoms with van der Waals surface area (Å²) >= 11 is 4.88. The van der Waals surface area contributed by atoms with Gasteiger partial charge in [-0.3, -0.25) is 0 Å². The van der Waals surface area contributed by atoms with Gasteiger partial charge in [0.2, 0.25) is 10.0 Å². The van der Waals surface area contributed by atoms with Gasteiger partial charge in [0.05, 0.1) is 4.90 Å². The Labute approximate surface area is 119 Å². The fraction of sp³-hybridized carbons (Fsp3) is 0.462. The number of thiocarbonyl (C=S) groups is 1. The van der Waals surface area contributed by atoms with Crippen LogP contribution in [0.5, 0.6) is 0 Å². The van der Waals surface area contributed by atoms with E-state index >= 15 is 0 Å². The lowest BCUT2D eigenvalue weighted by Crippen LogP contribution is -2.43. The standard InChI is InChI=1S/C13H18N2O2S2/c1-8-5-11(6-8)15-19(16,17)12-4-3-10(13(14)18)7-9(12)2/h3-4,7-8,11,15H,5-6H2,1-2H3,(H2,14,18). The molecular weight excluding hydrogens is 280 g/mol. The highest BCUT2D eigenvalue weighted by molar-refractivity contribution is 7.89. The minimum atomic E-state index is -3.45. The monoisotopic (exact) mass is 298 g/mol. The molecule has 1 aromatic rings. The Morgan fingerprint density at radius 2 is 2.05 bits per heavy atom. The highest BCUT2D eigenvalue weighted by Crippen LogP contribution is 2.28. The van der Waals surface area contributed by atoms with Gasteiger partial charge < -0.3 is 5.73 Å². The van der Waals surface area contributed by atoms with Crippen molar-refractivity contribution in [1.29, 1.82) is 0 Å². The predicted molar refractivity (Wildman–Crippen MR) is 79.6 cm³/mol. The summed E-state index contributed by atoms with van der Waals surface area (Å²) in [5.41, 5.74) is 6.88. The zero-order valence-electron chi connectivity index (χ0n) is 11.0. The molecule has 1 aliphatic rings. The lowest BCUT2D eigenvalue weighted by atomic mass is 9.83. The Kier molecular flexibility index (Phi) is 3.94. The van der Waals surface area contributed by atoms with Crippen LogP contribution in [0.15, 0.2) is 23.1 Å². The van der Waals surface area contributed by atoms with Crippen LogP contribution in [-0.4, -0.2) is 19.4 Å². The molecule has 1 fully saturated rings. The Hall–Kier alpha value is -0.980. The van der Waals surface area contributed by atoms with Gasteiger partial charge in [-0.1, -0.05) is 25.2 Å². The van der Waals surface area contributed by atoms with Gasteiger partial charge in [0.1, 0.15) is 4.99 Å². The number of sulfonamides is 1. The largest absolute Gasteiger partial charge is 0.389 e. The van der Waals surface area contributed by atoms with Crippen LogP contribution >= 0.6 is 12.2 Å². The SMILES string of the molecule is Cc1cc(C(N)=S)ccc1S(=O)(=O)NC1CC(C)C1. The van der Waals surface area contributed by atoms with Crippen LogP contribution in [0.2, 0.25) is 0 Å². The van der Waals surface area contributed by atoms with Gasteiger partial charge in [0, 0.05) is 11.6 Å². The van der Waals surface area contributed by atoms with E-state index in [-0.39, 0.29) is 11.0 Å². The van der Waals surface area contributed by atoms with E-state index in [1.807, 2.05) is 0 Å². The quantitative estimate of drug-likeness (QED) is 0.830. The maximum absolute atomic E-state index is 12.3. The van der Waals surface area contributed by atoms with Crippen LogP contribution < -0.4 is 10.5 Å². The first-order valence-corrected chi connectivity index (χ1v) is 8.11. The smallest absolute Gasteiger partial charge is 0.241 e. The first-order valence-electron chi connectivity index (χ1n) is 6.22. The summed E-state index contributed by atoms with van der Waals surface area (Å²) in [5, 5.41) is 0. The van der Waals surface area contributed by atoms with Crippen molar-refractivity contribution in [3.8, 4) is 0 Å². The Morgan fingerprint density at radius 3 is 2.53 bits per heavy atom. The lowest BCUT2D eigenvalue weighted by molar-refractivity contribution is 0.270. The van der Waals surface area contributed by atoms with Gasteiger partial charge in [-0.2, -0.15) is 0 Å². The van der Waals surface area contributed by atoms with E-state index in [1.165, 1.54) is 0 Å². The van der Waals surface area contributed by atoms with Crippen molar-refractivity contribution in [3.63, 3.8) is 0 Å². The third kappa shape index (κ3) is 3.13. The second kappa shape index (κ2) is 5.19. The summed E-state index contributed by atoms with van der Waals surface area (Å²) in [4.78, 5) is 0.569. The molecule has 0 saturated heterocycles. The first-order chi connectivity index (χ1) is 8.79. The number of aryl methyl sites for hydroxylation is 1. The van der Waals surface area contributed by atoms with E-state index in [4.69, 9.17) is 18.0 Å². The summed E-state index contributed by atoms with van der Waals surface area (Å²) in [6.45, 7) is 3.87. The van der Waals surface area contributed by atoms with E-state index in [0.717, 1.165) is 12.8 Å². The molecule has 1 aliphatic carbocycles. The molecule has 0 spiro atoms. The Bertz CT molecular complexity index is 605. The van der Waals surface area contributed by atoms with Crippen molar-refractivity contribution in [2.45, 2.75) is 37.6 Å². The molecule has 0 bridgehead atoms. The van der Waals surface area contributed by atoms with E-state index < -0.39 is 10.0 Å². The summed E-state index contributed by atoms with van der Waals surface area (Å²) < 4.78 is 27.3. The number of nitrogens with one attached hydrogen (secondary N) is 1. The van der Waals surface area contributed by atoms with Crippen LogP contribution in [0.3, 0.4) is 0 Å². The molecule has 19 heavy (non-hydrogen) atoms. The fourth-order valence-electron chi connectivity index (χ4n) is 2.39. The molecule has 0 aromatic heterocycles. The van der Waals surface area contributed by atoms with Crippen molar-refractivity contribution < 1.29 is 8.42 Å². The highest BCUT2D eigenvalue weighted by Gasteiger charge is 2.30. The van der Waals surface area contributed by atoms with Gasteiger partial charge in [0.25, 0.3) is 0 Å².